The number of carbonyl (C=O) groups excluding carboxylic acids is 3. The number of esters is 3. The van der Waals surface area contributed by atoms with Crippen molar-refractivity contribution in [1.29, 1.82) is 0 Å². The Morgan fingerprint density at radius 1 is 0.955 bits per heavy atom. The first kappa shape index (κ1) is 32.1. The number of halogens is 1. The van der Waals surface area contributed by atoms with Gasteiger partial charge in [0.15, 0.2) is 17.3 Å². The number of sulfonamides is 1. The second-order valence-electron chi connectivity index (χ2n) is 8.92. The molecule has 0 saturated heterocycles. The summed E-state index contributed by atoms with van der Waals surface area (Å²) in [6.45, 7) is 2.43. The molecule has 0 amide bonds. The van der Waals surface area contributed by atoms with E-state index in [2.05, 4.69) is 10.1 Å². The second kappa shape index (κ2) is 14.1. The molecular formula is C29H25FN4O8S2. The molecule has 15 heteroatoms. The molecule has 0 aliphatic carbocycles. The lowest BCUT2D eigenvalue weighted by molar-refractivity contribution is -0.137. The second-order valence-corrected chi connectivity index (χ2v) is 11.5. The first-order valence-electron chi connectivity index (χ1n) is 12.7. The lowest BCUT2D eigenvalue weighted by Gasteiger charge is -2.09. The number of nitrogens with zero attached hydrogens (tertiary/aromatic N) is 3. The van der Waals surface area contributed by atoms with E-state index in [9.17, 15) is 27.2 Å². The van der Waals surface area contributed by atoms with E-state index in [1.54, 1.807) is 6.07 Å². The van der Waals surface area contributed by atoms with Gasteiger partial charge in [0.05, 0.1) is 10.6 Å². The van der Waals surface area contributed by atoms with Crippen molar-refractivity contribution in [2.75, 3.05) is 12.4 Å². The molecule has 2 N–H and O–H groups in total. The molecule has 0 bridgehead atoms. The van der Waals surface area contributed by atoms with Crippen LogP contribution < -0.4 is 14.6 Å². The summed E-state index contributed by atoms with van der Waals surface area (Å²) in [6, 6.07) is 15.8. The molecule has 1 heterocycles. The molecule has 0 radical (unpaired) electrons. The minimum Gasteiger partial charge on any atom is -0.462 e. The molecule has 1 aromatic heterocycles. The summed E-state index contributed by atoms with van der Waals surface area (Å²) < 4.78 is 53.6. The van der Waals surface area contributed by atoms with Gasteiger partial charge in [0.25, 0.3) is 0 Å². The van der Waals surface area contributed by atoms with Gasteiger partial charge in [-0.15, -0.1) is 5.10 Å². The predicted molar refractivity (Wildman–Crippen MR) is 158 cm³/mol. The maximum atomic E-state index is 13.5. The average Bonchev–Trinajstić information content (AvgIpc) is 3.39. The SMILES string of the molecule is CC(=O)Oc1ccc(/C=C/C(=O)OCCSc2nc(-c3ccc(S(N)(=O)=O)cc3)n(-c3ccc(F)cc3)n2)cc1OC(C)=O. The molecule has 228 valence electrons. The van der Waals surface area contributed by atoms with E-state index < -0.39 is 33.7 Å². The number of aromatic nitrogens is 3. The van der Waals surface area contributed by atoms with Crippen LogP contribution >= 0.6 is 11.8 Å². The van der Waals surface area contributed by atoms with E-state index in [1.807, 2.05) is 0 Å². The van der Waals surface area contributed by atoms with Crippen LogP contribution in [0.1, 0.15) is 19.4 Å². The smallest absolute Gasteiger partial charge is 0.330 e. The minimum atomic E-state index is -3.89. The summed E-state index contributed by atoms with van der Waals surface area (Å²) >= 11 is 1.20. The molecule has 0 fully saturated rings. The van der Waals surface area contributed by atoms with Crippen molar-refractivity contribution < 1.29 is 41.4 Å². The number of nitrogens with two attached hydrogens (primary N) is 1. The number of carbonyl (C=O) groups is 3. The Balaban J connectivity index is 1.41. The molecule has 3 aromatic carbocycles. The highest BCUT2D eigenvalue weighted by Gasteiger charge is 2.16. The van der Waals surface area contributed by atoms with Gasteiger partial charge in [-0.1, -0.05) is 17.8 Å². The molecule has 0 spiro atoms. The van der Waals surface area contributed by atoms with Crippen LogP contribution in [0, 0.1) is 5.82 Å². The number of thioether (sulfide) groups is 1. The fourth-order valence-electron chi connectivity index (χ4n) is 3.69. The number of ether oxygens (including phenoxy) is 3. The van der Waals surface area contributed by atoms with Gasteiger partial charge in [-0.05, 0) is 72.3 Å². The molecule has 4 aromatic rings. The fraction of sp³-hybridized carbons (Fsp3) is 0.138. The summed E-state index contributed by atoms with van der Waals surface area (Å²) in [5.74, 6) is -1.52. The third-order valence-corrected chi connectivity index (χ3v) is 7.28. The zero-order chi connectivity index (χ0) is 31.9. The number of primary sulfonamides is 1. The number of rotatable bonds is 11. The number of hydrogen-bond donors (Lipinski definition) is 1. The fourth-order valence-corrected chi connectivity index (χ4v) is 4.84. The molecular weight excluding hydrogens is 615 g/mol. The summed E-state index contributed by atoms with van der Waals surface area (Å²) in [5.41, 5.74) is 1.55. The zero-order valence-corrected chi connectivity index (χ0v) is 24.9. The number of benzene rings is 3. The summed E-state index contributed by atoms with van der Waals surface area (Å²) in [4.78, 5) is 39.4. The van der Waals surface area contributed by atoms with Gasteiger partial charge < -0.3 is 14.2 Å². The van der Waals surface area contributed by atoms with Crippen LogP contribution in [0.2, 0.25) is 0 Å². The van der Waals surface area contributed by atoms with Crippen molar-refractivity contribution in [2.45, 2.75) is 23.9 Å². The quantitative estimate of drug-likeness (QED) is 0.0829. The van der Waals surface area contributed by atoms with Crippen molar-refractivity contribution in [2.24, 2.45) is 5.14 Å². The van der Waals surface area contributed by atoms with E-state index >= 15 is 0 Å². The van der Waals surface area contributed by atoms with E-state index in [0.29, 0.717) is 33.5 Å². The first-order valence-corrected chi connectivity index (χ1v) is 15.3. The largest absolute Gasteiger partial charge is 0.462 e. The normalized spacial score (nSPS) is 11.4. The van der Waals surface area contributed by atoms with Gasteiger partial charge in [-0.3, -0.25) is 9.59 Å². The lowest BCUT2D eigenvalue weighted by atomic mass is 10.2. The Morgan fingerprint density at radius 2 is 1.61 bits per heavy atom. The van der Waals surface area contributed by atoms with E-state index in [-0.39, 0.29) is 23.0 Å². The minimum absolute atomic E-state index is 0.0153. The van der Waals surface area contributed by atoms with Crippen molar-refractivity contribution in [1.82, 2.24) is 14.8 Å². The predicted octanol–water partition coefficient (Wildman–Crippen LogP) is 3.92. The Hall–Kier alpha value is -4.86. The van der Waals surface area contributed by atoms with Crippen LogP contribution in [0.15, 0.2) is 82.9 Å². The van der Waals surface area contributed by atoms with Crippen molar-refractivity contribution in [3.8, 4) is 28.6 Å². The maximum absolute atomic E-state index is 13.5. The highest BCUT2D eigenvalue weighted by atomic mass is 32.2. The highest BCUT2D eigenvalue weighted by Crippen LogP contribution is 2.30. The van der Waals surface area contributed by atoms with Crippen LogP contribution in [-0.2, 0) is 29.1 Å². The van der Waals surface area contributed by atoms with Gasteiger partial charge in [-0.25, -0.2) is 32.4 Å². The van der Waals surface area contributed by atoms with E-state index in [1.165, 1.54) is 103 Å². The van der Waals surface area contributed by atoms with Crippen LogP contribution in [0.4, 0.5) is 4.39 Å². The molecule has 0 aliphatic heterocycles. The van der Waals surface area contributed by atoms with Crippen LogP contribution in [0.5, 0.6) is 11.5 Å². The molecule has 0 unspecified atom stereocenters. The van der Waals surface area contributed by atoms with Gasteiger partial charge >= 0.3 is 17.9 Å². The highest BCUT2D eigenvalue weighted by molar-refractivity contribution is 7.99. The van der Waals surface area contributed by atoms with Crippen molar-refractivity contribution >= 4 is 45.8 Å². The topological polar surface area (TPSA) is 170 Å². The Morgan fingerprint density at radius 3 is 2.25 bits per heavy atom. The molecule has 0 atom stereocenters. The average molecular weight is 641 g/mol. The van der Waals surface area contributed by atoms with Gasteiger partial charge in [0.2, 0.25) is 15.2 Å². The van der Waals surface area contributed by atoms with Crippen LogP contribution in [-0.4, -0.2) is 53.4 Å². The third-order valence-electron chi connectivity index (χ3n) is 5.55. The van der Waals surface area contributed by atoms with Crippen molar-refractivity contribution in [3.05, 3.63) is 84.2 Å². The first-order chi connectivity index (χ1) is 20.9. The van der Waals surface area contributed by atoms with Gasteiger partial charge in [-0.2, -0.15) is 0 Å². The Labute approximate surface area is 255 Å². The molecule has 0 aliphatic rings. The molecule has 44 heavy (non-hydrogen) atoms. The lowest BCUT2D eigenvalue weighted by Crippen LogP contribution is -2.11. The van der Waals surface area contributed by atoms with E-state index in [0.717, 1.165) is 0 Å². The van der Waals surface area contributed by atoms with Crippen LogP contribution in [0.3, 0.4) is 0 Å². The van der Waals surface area contributed by atoms with E-state index in [4.69, 9.17) is 19.3 Å². The number of hydrogen-bond acceptors (Lipinski definition) is 11. The van der Waals surface area contributed by atoms with Crippen LogP contribution in [0.25, 0.3) is 23.2 Å². The standard InChI is InChI=1S/C29H25FN4O8S2/c1-18(35)41-25-13-3-20(17-26(25)42-19(2)36)4-14-27(37)40-15-16-43-29-32-28(21-5-11-24(12-6-21)44(31,38)39)34(33-29)23-9-7-22(30)8-10-23/h3-14,17H,15-16H2,1-2H3,(H2,31,38,39)/b14-4+. The Kier molecular flexibility index (Phi) is 10.3. The summed E-state index contributed by atoms with van der Waals surface area (Å²) in [7, 11) is -3.89. The molecule has 12 nitrogen and oxygen atoms in total. The van der Waals surface area contributed by atoms with Crippen molar-refractivity contribution in [3.63, 3.8) is 0 Å². The summed E-state index contributed by atoms with van der Waals surface area (Å²) in [6.07, 6.45) is 2.63. The summed E-state index contributed by atoms with van der Waals surface area (Å²) in [5, 5.41) is 10.0. The molecule has 0 saturated carbocycles. The van der Waals surface area contributed by atoms with Gasteiger partial charge in [0.1, 0.15) is 12.4 Å². The zero-order valence-electron chi connectivity index (χ0n) is 23.3. The molecule has 4 rings (SSSR count). The maximum Gasteiger partial charge on any atom is 0.330 e. The van der Waals surface area contributed by atoms with Gasteiger partial charge in [0, 0.05) is 31.2 Å². The monoisotopic (exact) mass is 640 g/mol. The third kappa shape index (κ3) is 8.82. The Bertz CT molecular complexity index is 1820.